The van der Waals surface area contributed by atoms with Crippen molar-refractivity contribution in [2.24, 2.45) is 0 Å². The molecule has 0 saturated carbocycles. The minimum Gasteiger partial charge on any atom is -0.135 e. The highest BCUT2D eigenvalue weighted by Crippen LogP contribution is 2.48. The third-order valence-corrected chi connectivity index (χ3v) is 13.1. The molecule has 9 aromatic carbocycles. The van der Waals surface area contributed by atoms with E-state index < -0.39 is 0 Å². The maximum Gasteiger partial charge on any atom is 0.0434 e. The Balaban J connectivity index is 1.03. The van der Waals surface area contributed by atoms with Gasteiger partial charge in [-0.15, -0.1) is 11.3 Å². The van der Waals surface area contributed by atoms with Crippen LogP contribution in [0.2, 0.25) is 0 Å². The summed E-state index contributed by atoms with van der Waals surface area (Å²) in [5.41, 5.74) is 14.6. The Morgan fingerprint density at radius 2 is 1.09 bits per heavy atom. The normalized spacial score (nSPS) is 13.5. The first kappa shape index (κ1) is 29.3. The van der Waals surface area contributed by atoms with Gasteiger partial charge in [0.25, 0.3) is 0 Å². The van der Waals surface area contributed by atoms with E-state index in [9.17, 15) is 0 Å². The molecule has 53 heavy (non-hydrogen) atoms. The molecule has 0 bridgehead atoms. The van der Waals surface area contributed by atoms with E-state index in [2.05, 4.69) is 170 Å². The first-order chi connectivity index (χ1) is 26.3. The van der Waals surface area contributed by atoms with Gasteiger partial charge in [0.05, 0.1) is 0 Å². The summed E-state index contributed by atoms with van der Waals surface area (Å²) in [6.45, 7) is 0. The van der Waals surface area contributed by atoms with Crippen molar-refractivity contribution < 1.29 is 0 Å². The van der Waals surface area contributed by atoms with Crippen molar-refractivity contribution in [2.45, 2.75) is 12.8 Å². The van der Waals surface area contributed by atoms with E-state index in [1.54, 1.807) is 0 Å². The van der Waals surface area contributed by atoms with E-state index in [-0.39, 0.29) is 0 Å². The molecule has 0 amide bonds. The van der Waals surface area contributed by atoms with Crippen LogP contribution >= 0.6 is 11.3 Å². The quantitative estimate of drug-likeness (QED) is 0.162. The largest absolute Gasteiger partial charge is 0.135 e. The second-order valence-corrected chi connectivity index (χ2v) is 15.7. The summed E-state index contributed by atoms with van der Waals surface area (Å²) < 4.78 is 1.31. The van der Waals surface area contributed by atoms with Crippen LogP contribution in [0.25, 0.3) is 109 Å². The second-order valence-electron chi connectivity index (χ2n) is 14.7. The van der Waals surface area contributed by atoms with Crippen molar-refractivity contribution in [1.82, 2.24) is 0 Å². The molecule has 0 N–H and O–H groups in total. The molecule has 1 heteroatoms. The molecule has 12 rings (SSSR count). The predicted molar refractivity (Wildman–Crippen MR) is 230 cm³/mol. The monoisotopic (exact) mass is 688 g/mol. The molecule has 1 aromatic heterocycles. The van der Waals surface area contributed by atoms with E-state index in [4.69, 9.17) is 0 Å². The van der Waals surface area contributed by atoms with Gasteiger partial charge in [0.15, 0.2) is 0 Å². The lowest BCUT2D eigenvalue weighted by atomic mass is 9.80. The van der Waals surface area contributed by atoms with Crippen LogP contribution in [0.1, 0.15) is 23.1 Å². The molecular weight excluding hydrogens is 657 g/mol. The van der Waals surface area contributed by atoms with Gasteiger partial charge in [-0.2, -0.15) is 0 Å². The van der Waals surface area contributed by atoms with Gasteiger partial charge in [-0.25, -0.2) is 0 Å². The Morgan fingerprint density at radius 1 is 0.434 bits per heavy atom. The van der Waals surface area contributed by atoms with E-state index in [1.165, 1.54) is 119 Å². The van der Waals surface area contributed by atoms with Crippen LogP contribution in [0.3, 0.4) is 0 Å². The zero-order valence-corrected chi connectivity index (χ0v) is 29.8. The minimum absolute atomic E-state index is 1.01. The van der Waals surface area contributed by atoms with Gasteiger partial charge in [0.1, 0.15) is 0 Å². The van der Waals surface area contributed by atoms with E-state index >= 15 is 0 Å². The van der Waals surface area contributed by atoms with Crippen LogP contribution in [0, 0.1) is 0 Å². The Morgan fingerprint density at radius 3 is 1.96 bits per heavy atom. The molecule has 0 atom stereocenters. The first-order valence-corrected chi connectivity index (χ1v) is 19.4. The van der Waals surface area contributed by atoms with Crippen molar-refractivity contribution in [1.29, 1.82) is 0 Å². The number of hydrogen-bond donors (Lipinski definition) is 0. The lowest BCUT2D eigenvalue weighted by Gasteiger charge is -2.24. The van der Waals surface area contributed by atoms with Crippen molar-refractivity contribution in [3.05, 3.63) is 181 Å². The van der Waals surface area contributed by atoms with E-state index in [1.807, 2.05) is 11.3 Å². The van der Waals surface area contributed by atoms with Crippen LogP contribution in [-0.4, -0.2) is 0 Å². The van der Waals surface area contributed by atoms with Crippen molar-refractivity contribution >= 4 is 76.2 Å². The van der Waals surface area contributed by atoms with Crippen LogP contribution < -0.4 is 0 Å². The molecule has 0 spiro atoms. The van der Waals surface area contributed by atoms with Crippen molar-refractivity contribution in [2.75, 3.05) is 0 Å². The molecular formula is C52H32S. The highest BCUT2D eigenvalue weighted by atomic mass is 32.1. The third-order valence-electron chi connectivity index (χ3n) is 11.8. The number of rotatable bonds is 4. The summed E-state index contributed by atoms with van der Waals surface area (Å²) in [6.07, 6.45) is 9.08. The van der Waals surface area contributed by atoms with E-state index in [0.717, 1.165) is 12.8 Å². The van der Waals surface area contributed by atoms with Crippen LogP contribution in [0.4, 0.5) is 0 Å². The topological polar surface area (TPSA) is 0 Å². The number of allylic oxidation sites excluding steroid dienone is 3. The fraction of sp³-hybridized carbons (Fsp3) is 0.0385. The van der Waals surface area contributed by atoms with Crippen LogP contribution in [0.15, 0.2) is 164 Å². The molecule has 0 saturated heterocycles. The summed E-state index contributed by atoms with van der Waals surface area (Å²) in [6, 6.07) is 57.2. The Bertz CT molecular complexity index is 3200. The van der Waals surface area contributed by atoms with Crippen molar-refractivity contribution in [3.8, 4) is 43.8 Å². The SMILES string of the molecule is C1=Cc2ccc3c(-c4cccc(-c5sc6ccccc6c5-c5cccc(-c6ccc7ccc8cccc9ccc6c7c89)c5)c4)ccc4c3c2C(=CC4)C1. The minimum atomic E-state index is 1.01. The summed E-state index contributed by atoms with van der Waals surface area (Å²) >= 11 is 1.90. The molecule has 10 aromatic rings. The smallest absolute Gasteiger partial charge is 0.0434 e. The van der Waals surface area contributed by atoms with Gasteiger partial charge in [-0.3, -0.25) is 0 Å². The number of benzene rings is 9. The van der Waals surface area contributed by atoms with Gasteiger partial charge in [0, 0.05) is 20.5 Å². The molecule has 0 fully saturated rings. The van der Waals surface area contributed by atoms with Gasteiger partial charge in [-0.05, 0) is 130 Å². The summed E-state index contributed by atoms with van der Waals surface area (Å²) in [5, 5.41) is 12.0. The maximum absolute atomic E-state index is 2.44. The zero-order valence-electron chi connectivity index (χ0n) is 29.0. The van der Waals surface area contributed by atoms with Crippen LogP contribution in [0.5, 0.6) is 0 Å². The molecule has 246 valence electrons. The standard InChI is InChI=1S/C52H32S/c1-2-16-46-45(15-1)51(39-13-5-11-37(29-39)41-25-21-35-19-17-31-7-3-9-33-23-27-43(41)49(35)47(31)33)52(53-46)40-14-6-12-38(30-40)42-26-22-36-20-18-32-8-4-10-34-24-28-44(42)50(36)48(32)34/h1-7,9-19,21-30H,8,20H2. The lowest BCUT2D eigenvalue weighted by Crippen LogP contribution is -2.03. The number of thiophene rings is 1. The Hall–Kier alpha value is -6.28. The molecule has 0 aliphatic heterocycles. The number of fused-ring (bicyclic) bond motifs is 1. The van der Waals surface area contributed by atoms with Crippen molar-refractivity contribution in [3.63, 3.8) is 0 Å². The fourth-order valence-electron chi connectivity index (χ4n) is 9.47. The number of hydrogen-bond acceptors (Lipinski definition) is 1. The van der Waals surface area contributed by atoms with Gasteiger partial charge in [-0.1, -0.05) is 152 Å². The average Bonchev–Trinajstić information content (AvgIpc) is 3.62. The molecule has 0 nitrogen and oxygen atoms in total. The van der Waals surface area contributed by atoms with E-state index in [0.29, 0.717) is 0 Å². The summed E-state index contributed by atoms with van der Waals surface area (Å²) in [5.74, 6) is 0. The lowest BCUT2D eigenvalue weighted by molar-refractivity contribution is 1.23. The molecule has 0 unspecified atom stereocenters. The average molecular weight is 689 g/mol. The second kappa shape index (κ2) is 11.1. The Labute approximate surface area is 311 Å². The molecule has 0 radical (unpaired) electrons. The summed E-state index contributed by atoms with van der Waals surface area (Å²) in [4.78, 5) is 1.32. The Kier molecular flexibility index (Phi) is 6.14. The highest BCUT2D eigenvalue weighted by molar-refractivity contribution is 7.23. The molecule has 2 aliphatic carbocycles. The fourth-order valence-corrected chi connectivity index (χ4v) is 10.7. The first-order valence-electron chi connectivity index (χ1n) is 18.6. The van der Waals surface area contributed by atoms with Crippen LogP contribution in [-0.2, 0) is 6.42 Å². The molecule has 2 aliphatic rings. The molecule has 1 heterocycles. The summed E-state index contributed by atoms with van der Waals surface area (Å²) in [7, 11) is 0. The van der Waals surface area contributed by atoms with Gasteiger partial charge >= 0.3 is 0 Å². The van der Waals surface area contributed by atoms with Gasteiger partial charge < -0.3 is 0 Å². The van der Waals surface area contributed by atoms with Gasteiger partial charge in [0.2, 0.25) is 0 Å². The third kappa shape index (κ3) is 4.29. The highest BCUT2D eigenvalue weighted by Gasteiger charge is 2.22. The maximum atomic E-state index is 2.44. The predicted octanol–water partition coefficient (Wildman–Crippen LogP) is 15.0. The zero-order chi connectivity index (χ0) is 34.6.